The van der Waals surface area contributed by atoms with Crippen LogP contribution in [-0.4, -0.2) is 42.0 Å². The number of ether oxygens (including phenoxy) is 1. The van der Waals surface area contributed by atoms with Crippen molar-refractivity contribution in [2.24, 2.45) is 17.8 Å². The molecule has 5 atom stereocenters. The van der Waals surface area contributed by atoms with Crippen LogP contribution in [0, 0.1) is 17.8 Å². The van der Waals surface area contributed by atoms with Crippen LogP contribution in [0.15, 0.2) is 0 Å². The molecule has 0 bridgehead atoms. The Labute approximate surface area is 115 Å². The van der Waals surface area contributed by atoms with Crippen molar-refractivity contribution in [3.05, 3.63) is 0 Å². The van der Waals surface area contributed by atoms with Crippen LogP contribution in [0.2, 0.25) is 0 Å². The van der Waals surface area contributed by atoms with Gasteiger partial charge in [-0.15, -0.1) is 11.6 Å². The van der Waals surface area contributed by atoms with E-state index in [2.05, 4.69) is 13.8 Å². The SMILES string of the molecule is CC1OC(C)C(C(=O)N2CCCC(CCl)C2)C1C. The van der Waals surface area contributed by atoms with Gasteiger partial charge in [-0.05, 0) is 38.5 Å². The number of hydrogen-bond acceptors (Lipinski definition) is 2. The topological polar surface area (TPSA) is 29.5 Å². The minimum absolute atomic E-state index is 0.0223. The second-order valence-corrected chi connectivity index (χ2v) is 6.19. The molecule has 2 aliphatic heterocycles. The Morgan fingerprint density at radius 2 is 2.06 bits per heavy atom. The highest BCUT2D eigenvalue weighted by molar-refractivity contribution is 6.18. The van der Waals surface area contributed by atoms with E-state index >= 15 is 0 Å². The van der Waals surface area contributed by atoms with Gasteiger partial charge in [-0.25, -0.2) is 0 Å². The molecule has 4 heteroatoms. The summed E-state index contributed by atoms with van der Waals surface area (Å²) in [5.74, 6) is 1.73. The van der Waals surface area contributed by atoms with Gasteiger partial charge in [0.05, 0.1) is 18.1 Å². The maximum atomic E-state index is 12.6. The molecule has 1 amide bonds. The molecule has 2 heterocycles. The van der Waals surface area contributed by atoms with Crippen molar-refractivity contribution in [3.8, 4) is 0 Å². The van der Waals surface area contributed by atoms with Gasteiger partial charge in [0.2, 0.25) is 5.91 Å². The lowest BCUT2D eigenvalue weighted by molar-refractivity contribution is -0.139. The third-order valence-electron chi connectivity index (χ3n) is 4.58. The Hall–Kier alpha value is -0.280. The fourth-order valence-corrected chi connectivity index (χ4v) is 3.55. The Bertz CT molecular complexity index is 310. The largest absolute Gasteiger partial charge is 0.374 e. The summed E-state index contributed by atoms with van der Waals surface area (Å²) in [6.07, 6.45) is 2.45. The maximum absolute atomic E-state index is 12.6. The van der Waals surface area contributed by atoms with E-state index in [-0.39, 0.29) is 24.0 Å². The third-order valence-corrected chi connectivity index (χ3v) is 5.01. The monoisotopic (exact) mass is 273 g/mol. The van der Waals surface area contributed by atoms with E-state index in [0.717, 1.165) is 25.9 Å². The maximum Gasteiger partial charge on any atom is 0.228 e. The Balaban J connectivity index is 2.02. The van der Waals surface area contributed by atoms with Gasteiger partial charge in [0.15, 0.2) is 0 Å². The molecule has 2 saturated heterocycles. The molecule has 0 N–H and O–H groups in total. The number of hydrogen-bond donors (Lipinski definition) is 0. The average Bonchev–Trinajstić information content (AvgIpc) is 2.62. The normalized spacial score (nSPS) is 41.1. The summed E-state index contributed by atoms with van der Waals surface area (Å²) in [5, 5.41) is 0. The van der Waals surface area contributed by atoms with Crippen LogP contribution in [-0.2, 0) is 9.53 Å². The number of carbonyl (C=O) groups excluding carboxylic acids is 1. The number of carbonyl (C=O) groups is 1. The van der Waals surface area contributed by atoms with Crippen LogP contribution in [0.4, 0.5) is 0 Å². The number of likely N-dealkylation sites (tertiary alicyclic amines) is 1. The van der Waals surface area contributed by atoms with E-state index < -0.39 is 0 Å². The molecule has 0 radical (unpaired) electrons. The predicted octanol–water partition coefficient (Wildman–Crippen LogP) is 2.52. The standard InChI is InChI=1S/C14H24ClNO2/c1-9-10(2)18-11(3)13(9)14(17)16-6-4-5-12(7-15)8-16/h9-13H,4-8H2,1-3H3. The summed E-state index contributed by atoms with van der Waals surface area (Å²) in [5.41, 5.74) is 0. The highest BCUT2D eigenvalue weighted by atomic mass is 35.5. The van der Waals surface area contributed by atoms with Gasteiger partial charge in [-0.2, -0.15) is 0 Å². The highest BCUT2D eigenvalue weighted by Gasteiger charge is 2.43. The van der Waals surface area contributed by atoms with Crippen LogP contribution in [0.1, 0.15) is 33.6 Å². The summed E-state index contributed by atoms with van der Waals surface area (Å²) in [6.45, 7) is 7.92. The lowest BCUT2D eigenvalue weighted by Crippen LogP contribution is -2.46. The van der Waals surface area contributed by atoms with Crippen molar-refractivity contribution in [1.82, 2.24) is 4.90 Å². The lowest BCUT2D eigenvalue weighted by atomic mass is 9.87. The molecule has 18 heavy (non-hydrogen) atoms. The van der Waals surface area contributed by atoms with Crippen molar-refractivity contribution in [2.45, 2.75) is 45.8 Å². The Morgan fingerprint density at radius 1 is 1.33 bits per heavy atom. The molecule has 0 aromatic heterocycles. The summed E-state index contributed by atoms with van der Waals surface area (Å²) in [6, 6.07) is 0. The molecule has 104 valence electrons. The fraction of sp³-hybridized carbons (Fsp3) is 0.929. The molecule has 0 aromatic rings. The van der Waals surface area contributed by atoms with Crippen molar-refractivity contribution in [3.63, 3.8) is 0 Å². The van der Waals surface area contributed by atoms with Crippen LogP contribution in [0.3, 0.4) is 0 Å². The first kappa shape index (κ1) is 14.1. The Kier molecular flexibility index (Phi) is 4.54. The molecule has 5 unspecified atom stereocenters. The van der Waals surface area contributed by atoms with Crippen molar-refractivity contribution < 1.29 is 9.53 Å². The summed E-state index contributed by atoms with van der Waals surface area (Å²) < 4.78 is 5.78. The number of piperidine rings is 1. The molecule has 2 rings (SSSR count). The number of alkyl halides is 1. The number of amides is 1. The number of nitrogens with zero attached hydrogens (tertiary/aromatic N) is 1. The molecular weight excluding hydrogens is 250 g/mol. The molecule has 3 nitrogen and oxygen atoms in total. The first-order chi connectivity index (χ1) is 8.54. The quantitative estimate of drug-likeness (QED) is 0.724. The predicted molar refractivity (Wildman–Crippen MR) is 72.7 cm³/mol. The van der Waals surface area contributed by atoms with E-state index in [1.54, 1.807) is 0 Å². The van der Waals surface area contributed by atoms with E-state index in [1.807, 2.05) is 11.8 Å². The highest BCUT2D eigenvalue weighted by Crippen LogP contribution is 2.34. The Morgan fingerprint density at radius 3 is 2.61 bits per heavy atom. The zero-order valence-electron chi connectivity index (χ0n) is 11.6. The summed E-state index contributed by atoms with van der Waals surface area (Å²) in [7, 11) is 0. The van der Waals surface area contributed by atoms with Crippen molar-refractivity contribution >= 4 is 17.5 Å². The van der Waals surface area contributed by atoms with E-state index in [4.69, 9.17) is 16.3 Å². The molecular formula is C14H24ClNO2. The fourth-order valence-electron chi connectivity index (χ4n) is 3.29. The van der Waals surface area contributed by atoms with Gasteiger partial charge in [-0.3, -0.25) is 4.79 Å². The summed E-state index contributed by atoms with van der Waals surface area (Å²) in [4.78, 5) is 14.6. The zero-order valence-corrected chi connectivity index (χ0v) is 12.3. The molecule has 0 saturated carbocycles. The zero-order chi connectivity index (χ0) is 13.3. The molecule has 0 aliphatic carbocycles. The average molecular weight is 274 g/mol. The summed E-state index contributed by atoms with van der Waals surface area (Å²) >= 11 is 5.93. The van der Waals surface area contributed by atoms with Crippen LogP contribution >= 0.6 is 11.6 Å². The van der Waals surface area contributed by atoms with Crippen LogP contribution in [0.25, 0.3) is 0 Å². The minimum Gasteiger partial charge on any atom is -0.374 e. The second-order valence-electron chi connectivity index (χ2n) is 5.88. The van der Waals surface area contributed by atoms with Crippen LogP contribution in [0.5, 0.6) is 0 Å². The number of halogens is 1. The minimum atomic E-state index is 0.0223. The van der Waals surface area contributed by atoms with Gasteiger partial charge >= 0.3 is 0 Å². The lowest BCUT2D eigenvalue weighted by Gasteiger charge is -2.35. The van der Waals surface area contributed by atoms with E-state index in [9.17, 15) is 4.79 Å². The van der Waals surface area contributed by atoms with E-state index in [1.165, 1.54) is 0 Å². The van der Waals surface area contributed by atoms with Gasteiger partial charge in [0.1, 0.15) is 0 Å². The second kappa shape index (κ2) is 5.79. The third kappa shape index (κ3) is 2.67. The smallest absolute Gasteiger partial charge is 0.228 e. The molecule has 2 fully saturated rings. The van der Waals surface area contributed by atoms with Crippen LogP contribution < -0.4 is 0 Å². The molecule has 2 aliphatic rings. The van der Waals surface area contributed by atoms with Gasteiger partial charge in [0, 0.05) is 19.0 Å². The molecule has 0 aromatic carbocycles. The first-order valence-electron chi connectivity index (χ1n) is 7.04. The molecule has 0 spiro atoms. The van der Waals surface area contributed by atoms with Crippen molar-refractivity contribution in [2.75, 3.05) is 19.0 Å². The van der Waals surface area contributed by atoms with E-state index in [0.29, 0.717) is 17.7 Å². The van der Waals surface area contributed by atoms with Crippen molar-refractivity contribution in [1.29, 1.82) is 0 Å². The first-order valence-corrected chi connectivity index (χ1v) is 7.58. The van der Waals surface area contributed by atoms with Gasteiger partial charge in [0.25, 0.3) is 0 Å². The number of rotatable bonds is 2. The van der Waals surface area contributed by atoms with Gasteiger partial charge in [-0.1, -0.05) is 6.92 Å². The van der Waals surface area contributed by atoms with Gasteiger partial charge < -0.3 is 9.64 Å².